The highest BCUT2D eigenvalue weighted by molar-refractivity contribution is 5.31. The van der Waals surface area contributed by atoms with Gasteiger partial charge in [0.25, 0.3) is 0 Å². The molecule has 0 unspecified atom stereocenters. The Kier molecular flexibility index (Phi) is 3.01. The molecular weight excluding hydrogens is 200 g/mol. The van der Waals surface area contributed by atoms with Gasteiger partial charge in [-0.2, -0.15) is 0 Å². The quantitative estimate of drug-likeness (QED) is 0.853. The molecule has 4 nitrogen and oxygen atoms in total. The molecule has 0 amide bonds. The Morgan fingerprint density at radius 3 is 2.69 bits per heavy atom. The Morgan fingerprint density at radius 2 is 2.19 bits per heavy atom. The molecule has 4 heteroatoms. The van der Waals surface area contributed by atoms with E-state index in [1.807, 2.05) is 36.0 Å². The highest BCUT2D eigenvalue weighted by Gasteiger charge is 2.05. The van der Waals surface area contributed by atoms with E-state index in [1.54, 1.807) is 6.20 Å². The van der Waals surface area contributed by atoms with Crippen LogP contribution < -0.4 is 5.73 Å². The first-order valence-electron chi connectivity index (χ1n) is 5.44. The molecule has 1 atom stereocenters. The van der Waals surface area contributed by atoms with Crippen molar-refractivity contribution in [1.82, 2.24) is 14.5 Å². The van der Waals surface area contributed by atoms with Crippen molar-refractivity contribution in [3.8, 4) is 5.69 Å². The molecule has 0 saturated heterocycles. The van der Waals surface area contributed by atoms with Crippen LogP contribution in [0.25, 0.3) is 5.69 Å². The Bertz CT molecular complexity index is 458. The summed E-state index contributed by atoms with van der Waals surface area (Å²) in [4.78, 5) is 8.55. The van der Waals surface area contributed by atoms with Crippen LogP contribution in [-0.4, -0.2) is 14.5 Å². The van der Waals surface area contributed by atoms with Gasteiger partial charge in [0, 0.05) is 18.4 Å². The molecule has 0 aromatic carbocycles. The van der Waals surface area contributed by atoms with Crippen molar-refractivity contribution < 1.29 is 0 Å². The molecule has 2 aromatic rings. The van der Waals surface area contributed by atoms with Crippen LogP contribution in [0.5, 0.6) is 0 Å². The largest absolute Gasteiger partial charge is 0.323 e. The third kappa shape index (κ3) is 1.97. The molecule has 0 aliphatic heterocycles. The number of hydrogen-bond acceptors (Lipinski definition) is 3. The SMILES string of the molecule is CC[C@H](N)c1ccc(-n2ccnc2C)cn1. The Morgan fingerprint density at radius 1 is 1.38 bits per heavy atom. The first kappa shape index (κ1) is 10.8. The molecule has 0 spiro atoms. The second-order valence-corrected chi connectivity index (χ2v) is 3.80. The lowest BCUT2D eigenvalue weighted by Gasteiger charge is -2.09. The molecule has 0 fully saturated rings. The van der Waals surface area contributed by atoms with E-state index in [-0.39, 0.29) is 6.04 Å². The average Bonchev–Trinajstić information content (AvgIpc) is 2.75. The molecule has 0 aliphatic carbocycles. The molecular formula is C12H16N4. The monoisotopic (exact) mass is 216 g/mol. The lowest BCUT2D eigenvalue weighted by molar-refractivity contribution is 0.674. The minimum absolute atomic E-state index is 0.0259. The average molecular weight is 216 g/mol. The lowest BCUT2D eigenvalue weighted by atomic mass is 10.1. The van der Waals surface area contributed by atoms with Gasteiger partial charge in [-0.05, 0) is 25.5 Å². The van der Waals surface area contributed by atoms with Crippen molar-refractivity contribution in [2.24, 2.45) is 5.73 Å². The zero-order valence-corrected chi connectivity index (χ0v) is 9.59. The molecule has 16 heavy (non-hydrogen) atoms. The number of aryl methyl sites for hydroxylation is 1. The van der Waals surface area contributed by atoms with E-state index in [2.05, 4.69) is 16.9 Å². The second kappa shape index (κ2) is 4.45. The fraction of sp³-hybridized carbons (Fsp3) is 0.333. The van der Waals surface area contributed by atoms with Crippen LogP contribution in [0, 0.1) is 6.92 Å². The molecule has 2 rings (SSSR count). The maximum absolute atomic E-state index is 5.91. The molecule has 0 bridgehead atoms. The number of aromatic nitrogens is 3. The fourth-order valence-electron chi connectivity index (χ4n) is 1.62. The number of nitrogens with two attached hydrogens (primary N) is 1. The van der Waals surface area contributed by atoms with Gasteiger partial charge in [0.15, 0.2) is 0 Å². The van der Waals surface area contributed by atoms with Gasteiger partial charge in [-0.1, -0.05) is 6.92 Å². The van der Waals surface area contributed by atoms with Crippen LogP contribution in [0.1, 0.15) is 30.9 Å². The third-order valence-corrected chi connectivity index (χ3v) is 2.69. The van der Waals surface area contributed by atoms with Crippen molar-refractivity contribution in [1.29, 1.82) is 0 Å². The highest BCUT2D eigenvalue weighted by atomic mass is 15.1. The maximum Gasteiger partial charge on any atom is 0.110 e. The number of pyridine rings is 1. The summed E-state index contributed by atoms with van der Waals surface area (Å²) in [6.45, 7) is 4.02. The standard InChI is InChI=1S/C12H16N4/c1-3-11(13)12-5-4-10(8-15-12)16-7-6-14-9(16)2/h4-8,11H,3,13H2,1-2H3/t11-/m0/s1. The first-order valence-corrected chi connectivity index (χ1v) is 5.44. The van der Waals surface area contributed by atoms with E-state index in [4.69, 9.17) is 5.73 Å². The zero-order chi connectivity index (χ0) is 11.5. The van der Waals surface area contributed by atoms with Crippen molar-refractivity contribution in [2.45, 2.75) is 26.3 Å². The predicted octanol–water partition coefficient (Wildman–Crippen LogP) is 1.99. The van der Waals surface area contributed by atoms with Gasteiger partial charge in [-0.15, -0.1) is 0 Å². The number of hydrogen-bond donors (Lipinski definition) is 1. The van der Waals surface area contributed by atoms with E-state index < -0.39 is 0 Å². The lowest BCUT2D eigenvalue weighted by Crippen LogP contribution is -2.10. The highest BCUT2D eigenvalue weighted by Crippen LogP contribution is 2.14. The van der Waals surface area contributed by atoms with Crippen molar-refractivity contribution in [3.05, 3.63) is 42.2 Å². The van der Waals surface area contributed by atoms with Gasteiger partial charge in [-0.3, -0.25) is 4.98 Å². The van der Waals surface area contributed by atoms with Gasteiger partial charge < -0.3 is 10.3 Å². The van der Waals surface area contributed by atoms with Crippen LogP contribution in [0.2, 0.25) is 0 Å². The van der Waals surface area contributed by atoms with E-state index in [0.29, 0.717) is 0 Å². The first-order chi connectivity index (χ1) is 7.72. The summed E-state index contributed by atoms with van der Waals surface area (Å²) in [6, 6.07) is 4.02. The summed E-state index contributed by atoms with van der Waals surface area (Å²) in [5.74, 6) is 0.953. The van der Waals surface area contributed by atoms with E-state index in [9.17, 15) is 0 Å². The Balaban J connectivity index is 2.30. The molecule has 2 aromatic heterocycles. The number of nitrogens with zero attached hydrogens (tertiary/aromatic N) is 3. The van der Waals surface area contributed by atoms with Crippen molar-refractivity contribution >= 4 is 0 Å². The van der Waals surface area contributed by atoms with Gasteiger partial charge in [0.2, 0.25) is 0 Å². The van der Waals surface area contributed by atoms with Gasteiger partial charge >= 0.3 is 0 Å². The van der Waals surface area contributed by atoms with Gasteiger partial charge in [0.1, 0.15) is 5.82 Å². The van der Waals surface area contributed by atoms with Gasteiger partial charge in [0.05, 0.1) is 17.6 Å². The van der Waals surface area contributed by atoms with Crippen molar-refractivity contribution in [2.75, 3.05) is 0 Å². The van der Waals surface area contributed by atoms with E-state index in [1.165, 1.54) is 0 Å². The van der Waals surface area contributed by atoms with E-state index >= 15 is 0 Å². The summed E-state index contributed by atoms with van der Waals surface area (Å²) in [5.41, 5.74) is 7.86. The summed E-state index contributed by atoms with van der Waals surface area (Å²) in [5, 5.41) is 0. The smallest absolute Gasteiger partial charge is 0.110 e. The topological polar surface area (TPSA) is 56.7 Å². The van der Waals surface area contributed by atoms with Crippen LogP contribution in [-0.2, 0) is 0 Å². The molecule has 2 heterocycles. The molecule has 0 aliphatic rings. The Labute approximate surface area is 95.1 Å². The Hall–Kier alpha value is -1.68. The van der Waals surface area contributed by atoms with Crippen LogP contribution >= 0.6 is 0 Å². The minimum Gasteiger partial charge on any atom is -0.323 e. The minimum atomic E-state index is 0.0259. The van der Waals surface area contributed by atoms with Crippen LogP contribution in [0.4, 0.5) is 0 Å². The molecule has 0 saturated carbocycles. The summed E-state index contributed by atoms with van der Waals surface area (Å²) in [6.07, 6.45) is 6.43. The normalized spacial score (nSPS) is 12.7. The van der Waals surface area contributed by atoms with Crippen LogP contribution in [0.3, 0.4) is 0 Å². The molecule has 2 N–H and O–H groups in total. The summed E-state index contributed by atoms with van der Waals surface area (Å²) in [7, 11) is 0. The number of rotatable bonds is 3. The fourth-order valence-corrected chi connectivity index (χ4v) is 1.62. The van der Waals surface area contributed by atoms with E-state index in [0.717, 1.165) is 23.6 Å². The molecule has 0 radical (unpaired) electrons. The third-order valence-electron chi connectivity index (χ3n) is 2.69. The molecule has 84 valence electrons. The summed E-state index contributed by atoms with van der Waals surface area (Å²) >= 11 is 0. The second-order valence-electron chi connectivity index (χ2n) is 3.80. The zero-order valence-electron chi connectivity index (χ0n) is 9.59. The number of imidazole rings is 1. The van der Waals surface area contributed by atoms with Gasteiger partial charge in [-0.25, -0.2) is 4.98 Å². The predicted molar refractivity (Wildman–Crippen MR) is 63.3 cm³/mol. The van der Waals surface area contributed by atoms with Crippen LogP contribution in [0.15, 0.2) is 30.7 Å². The summed E-state index contributed by atoms with van der Waals surface area (Å²) < 4.78 is 1.99. The maximum atomic E-state index is 5.91. The van der Waals surface area contributed by atoms with Crippen molar-refractivity contribution in [3.63, 3.8) is 0 Å².